The minimum atomic E-state index is -4.28. The van der Waals surface area contributed by atoms with Gasteiger partial charge in [0.15, 0.2) is 0 Å². The monoisotopic (exact) mass is 238 g/mol. The van der Waals surface area contributed by atoms with Gasteiger partial charge in [0.25, 0.3) is 0 Å². The van der Waals surface area contributed by atoms with Gasteiger partial charge in [-0.2, -0.15) is 13.2 Å². The standard InChI is InChI=1S/C8H13F3N4O/c9-8(10,11)7-4-15(2-1-13-14-12)3-6(7)5-16/h6-7,16H,1-5H2/t6-,7-/m0/s1. The Morgan fingerprint density at radius 2 is 2.12 bits per heavy atom. The van der Waals surface area contributed by atoms with Crippen LogP contribution in [-0.2, 0) is 0 Å². The molecule has 0 aromatic heterocycles. The quantitative estimate of drug-likeness (QED) is 0.456. The third-order valence-electron chi connectivity index (χ3n) is 2.75. The van der Waals surface area contributed by atoms with Crippen LogP contribution in [0, 0.1) is 11.8 Å². The molecule has 1 heterocycles. The van der Waals surface area contributed by atoms with Crippen molar-refractivity contribution in [1.82, 2.24) is 4.90 Å². The molecule has 0 spiro atoms. The SMILES string of the molecule is [N-]=[N+]=NCCN1C[C@@H](CO)[C@@H](C(F)(F)F)C1. The van der Waals surface area contributed by atoms with Gasteiger partial charge in [0, 0.05) is 43.6 Å². The topological polar surface area (TPSA) is 72.2 Å². The lowest BCUT2D eigenvalue weighted by molar-refractivity contribution is -0.183. The Labute approximate surface area is 90.5 Å². The highest BCUT2D eigenvalue weighted by Gasteiger charge is 2.48. The van der Waals surface area contributed by atoms with E-state index in [-0.39, 0.29) is 19.6 Å². The van der Waals surface area contributed by atoms with Crippen molar-refractivity contribution in [2.75, 3.05) is 32.8 Å². The average Bonchev–Trinajstić information content (AvgIpc) is 2.61. The van der Waals surface area contributed by atoms with Crippen LogP contribution in [0.15, 0.2) is 5.11 Å². The molecule has 1 saturated heterocycles. The third-order valence-corrected chi connectivity index (χ3v) is 2.75. The van der Waals surface area contributed by atoms with Gasteiger partial charge in [0.1, 0.15) is 0 Å². The first kappa shape index (κ1) is 13.1. The average molecular weight is 238 g/mol. The van der Waals surface area contributed by atoms with Gasteiger partial charge in [-0.3, -0.25) is 0 Å². The van der Waals surface area contributed by atoms with Crippen LogP contribution in [0.4, 0.5) is 13.2 Å². The van der Waals surface area contributed by atoms with Gasteiger partial charge in [-0.25, -0.2) is 0 Å². The molecule has 1 aliphatic heterocycles. The first-order valence-corrected chi connectivity index (χ1v) is 4.89. The molecule has 0 aliphatic carbocycles. The molecule has 0 bridgehead atoms. The molecular formula is C8H13F3N4O. The molecular weight excluding hydrogens is 225 g/mol. The highest BCUT2D eigenvalue weighted by molar-refractivity contribution is 4.88. The summed E-state index contributed by atoms with van der Waals surface area (Å²) < 4.78 is 37.6. The Balaban J connectivity index is 2.53. The molecule has 1 aliphatic rings. The van der Waals surface area contributed by atoms with E-state index in [1.807, 2.05) is 0 Å². The fourth-order valence-electron chi connectivity index (χ4n) is 1.93. The van der Waals surface area contributed by atoms with Crippen LogP contribution in [0.3, 0.4) is 0 Å². The summed E-state index contributed by atoms with van der Waals surface area (Å²) in [6.07, 6.45) is -4.28. The number of aliphatic hydroxyl groups excluding tert-OH is 1. The Kier molecular flexibility index (Phi) is 4.40. The van der Waals surface area contributed by atoms with Gasteiger partial charge in [-0.1, -0.05) is 5.11 Å². The molecule has 8 heteroatoms. The minimum absolute atomic E-state index is 0.129. The van der Waals surface area contributed by atoms with Crippen molar-refractivity contribution in [3.8, 4) is 0 Å². The van der Waals surface area contributed by atoms with E-state index in [0.29, 0.717) is 6.54 Å². The second-order valence-corrected chi connectivity index (χ2v) is 3.80. The first-order chi connectivity index (χ1) is 7.49. The van der Waals surface area contributed by atoms with Crippen LogP contribution in [-0.4, -0.2) is 49.0 Å². The van der Waals surface area contributed by atoms with Crippen LogP contribution in [0.5, 0.6) is 0 Å². The maximum absolute atomic E-state index is 12.5. The third kappa shape index (κ3) is 3.26. The summed E-state index contributed by atoms with van der Waals surface area (Å²) in [4.78, 5) is 4.09. The number of hydrogen-bond donors (Lipinski definition) is 1. The van der Waals surface area contributed by atoms with E-state index in [1.54, 1.807) is 4.90 Å². The van der Waals surface area contributed by atoms with Crippen molar-refractivity contribution in [2.45, 2.75) is 6.18 Å². The van der Waals surface area contributed by atoms with Crippen molar-refractivity contribution >= 4 is 0 Å². The molecule has 1 N–H and O–H groups in total. The molecule has 0 radical (unpaired) electrons. The van der Waals surface area contributed by atoms with E-state index in [2.05, 4.69) is 10.0 Å². The van der Waals surface area contributed by atoms with Crippen LogP contribution < -0.4 is 0 Å². The first-order valence-electron chi connectivity index (χ1n) is 4.89. The van der Waals surface area contributed by atoms with Crippen LogP contribution in [0.1, 0.15) is 0 Å². The highest BCUT2D eigenvalue weighted by atomic mass is 19.4. The van der Waals surface area contributed by atoms with E-state index >= 15 is 0 Å². The fourth-order valence-corrected chi connectivity index (χ4v) is 1.93. The molecule has 0 saturated carbocycles. The minimum Gasteiger partial charge on any atom is -0.396 e. The normalized spacial score (nSPS) is 26.8. The van der Waals surface area contributed by atoms with Crippen molar-refractivity contribution in [1.29, 1.82) is 0 Å². The molecule has 0 aromatic rings. The maximum Gasteiger partial charge on any atom is 0.393 e. The molecule has 92 valence electrons. The number of halogens is 3. The molecule has 0 aromatic carbocycles. The number of azide groups is 1. The lowest BCUT2D eigenvalue weighted by atomic mass is 9.97. The number of likely N-dealkylation sites (tertiary alicyclic amines) is 1. The Bertz CT molecular complexity index is 277. The van der Waals surface area contributed by atoms with Crippen molar-refractivity contribution in [3.63, 3.8) is 0 Å². The zero-order chi connectivity index (χ0) is 12.2. The summed E-state index contributed by atoms with van der Waals surface area (Å²) in [5.41, 5.74) is 8.04. The van der Waals surface area contributed by atoms with Gasteiger partial charge < -0.3 is 10.0 Å². The molecule has 1 rings (SSSR count). The smallest absolute Gasteiger partial charge is 0.393 e. The summed E-state index contributed by atoms with van der Waals surface area (Å²) in [5.74, 6) is -2.25. The number of aliphatic hydroxyl groups is 1. The summed E-state index contributed by atoms with van der Waals surface area (Å²) in [6, 6.07) is 0. The largest absolute Gasteiger partial charge is 0.396 e. The van der Waals surface area contributed by atoms with Crippen LogP contribution >= 0.6 is 0 Å². The maximum atomic E-state index is 12.5. The Morgan fingerprint density at radius 1 is 1.44 bits per heavy atom. The predicted octanol–water partition coefficient (Wildman–Crippen LogP) is 1.40. The molecule has 1 fully saturated rings. The predicted molar refractivity (Wildman–Crippen MR) is 50.6 cm³/mol. The lowest BCUT2D eigenvalue weighted by Crippen LogP contribution is -2.31. The molecule has 5 nitrogen and oxygen atoms in total. The molecule has 16 heavy (non-hydrogen) atoms. The summed E-state index contributed by atoms with van der Waals surface area (Å²) in [6.45, 7) is 0.0475. The molecule has 0 amide bonds. The molecule has 0 unspecified atom stereocenters. The van der Waals surface area contributed by atoms with Gasteiger partial charge in [-0.05, 0) is 5.53 Å². The number of hydrogen-bond acceptors (Lipinski definition) is 3. The lowest BCUT2D eigenvalue weighted by Gasteiger charge is -2.19. The van der Waals surface area contributed by atoms with E-state index in [9.17, 15) is 13.2 Å². The van der Waals surface area contributed by atoms with Crippen molar-refractivity contribution in [3.05, 3.63) is 10.4 Å². The number of alkyl halides is 3. The van der Waals surface area contributed by atoms with Crippen molar-refractivity contribution < 1.29 is 18.3 Å². The van der Waals surface area contributed by atoms with Gasteiger partial charge >= 0.3 is 6.18 Å². The second kappa shape index (κ2) is 5.38. The number of rotatable bonds is 4. The van der Waals surface area contributed by atoms with Crippen LogP contribution in [0.25, 0.3) is 10.4 Å². The Hall–Kier alpha value is -0.980. The number of nitrogens with zero attached hydrogens (tertiary/aromatic N) is 4. The Morgan fingerprint density at radius 3 is 2.56 bits per heavy atom. The summed E-state index contributed by atoms with van der Waals surface area (Å²) in [5, 5.41) is 12.1. The zero-order valence-electron chi connectivity index (χ0n) is 8.56. The van der Waals surface area contributed by atoms with Gasteiger partial charge in [0.2, 0.25) is 0 Å². The molecule has 2 atom stereocenters. The van der Waals surface area contributed by atoms with E-state index in [0.717, 1.165) is 0 Å². The summed E-state index contributed by atoms with van der Waals surface area (Å²) >= 11 is 0. The van der Waals surface area contributed by atoms with E-state index in [1.165, 1.54) is 0 Å². The fraction of sp³-hybridized carbons (Fsp3) is 1.00. The van der Waals surface area contributed by atoms with Gasteiger partial charge in [-0.15, -0.1) is 0 Å². The highest BCUT2D eigenvalue weighted by Crippen LogP contribution is 2.37. The van der Waals surface area contributed by atoms with Gasteiger partial charge in [0.05, 0.1) is 5.92 Å². The second-order valence-electron chi connectivity index (χ2n) is 3.80. The summed E-state index contributed by atoms with van der Waals surface area (Å²) in [7, 11) is 0. The van der Waals surface area contributed by atoms with Crippen LogP contribution in [0.2, 0.25) is 0 Å². The van der Waals surface area contributed by atoms with E-state index in [4.69, 9.17) is 10.6 Å². The van der Waals surface area contributed by atoms with E-state index < -0.39 is 24.6 Å². The van der Waals surface area contributed by atoms with Crippen molar-refractivity contribution in [2.24, 2.45) is 17.0 Å². The zero-order valence-corrected chi connectivity index (χ0v) is 8.56.